The van der Waals surface area contributed by atoms with Gasteiger partial charge in [-0.3, -0.25) is 14.7 Å². The third-order valence-electron chi connectivity index (χ3n) is 5.47. The zero-order chi connectivity index (χ0) is 25.3. The van der Waals surface area contributed by atoms with Gasteiger partial charge in [0.15, 0.2) is 0 Å². The first-order valence-corrected chi connectivity index (χ1v) is 12.2. The maximum absolute atomic E-state index is 13.1. The highest BCUT2D eigenvalue weighted by molar-refractivity contribution is 7.11. The zero-order valence-corrected chi connectivity index (χ0v) is 21.6. The summed E-state index contributed by atoms with van der Waals surface area (Å²) in [4.78, 5) is 31.9. The molecule has 1 amide bonds. The van der Waals surface area contributed by atoms with Crippen LogP contribution in [0.3, 0.4) is 0 Å². The van der Waals surface area contributed by atoms with Gasteiger partial charge in [0.25, 0.3) is 5.56 Å². The van der Waals surface area contributed by atoms with Crippen molar-refractivity contribution in [2.24, 2.45) is 13.0 Å². The molecule has 3 aromatic heterocycles. The monoisotopic (exact) mass is 498 g/mol. The van der Waals surface area contributed by atoms with E-state index in [0.29, 0.717) is 23.5 Å². The van der Waals surface area contributed by atoms with E-state index in [0.717, 1.165) is 22.7 Å². The van der Waals surface area contributed by atoms with E-state index in [1.54, 1.807) is 20.8 Å². The number of hydrogen-bond donors (Lipinski definition) is 0. The lowest BCUT2D eigenvalue weighted by atomic mass is 10.2. The summed E-state index contributed by atoms with van der Waals surface area (Å²) in [5, 5.41) is 13.7. The lowest BCUT2D eigenvalue weighted by Crippen LogP contribution is -2.40. The number of carbonyl (C=O) groups excluding carboxylic acids is 1. The van der Waals surface area contributed by atoms with Crippen LogP contribution in [0, 0.1) is 19.8 Å². The number of nitrogens with zero attached hydrogens (tertiary/aromatic N) is 6. The molecule has 1 aliphatic carbocycles. The molecule has 2 atom stereocenters. The summed E-state index contributed by atoms with van der Waals surface area (Å²) >= 11 is 1.35. The van der Waals surface area contributed by atoms with E-state index in [1.165, 1.54) is 34.0 Å². The minimum Gasteiger partial charge on any atom is -0.476 e. The van der Waals surface area contributed by atoms with Crippen LogP contribution in [0.5, 0.6) is 5.88 Å². The highest BCUT2D eigenvalue weighted by Crippen LogP contribution is 2.46. The van der Waals surface area contributed by atoms with Crippen LogP contribution in [-0.4, -0.2) is 43.3 Å². The van der Waals surface area contributed by atoms with Gasteiger partial charge in [0.2, 0.25) is 5.88 Å². The van der Waals surface area contributed by atoms with E-state index >= 15 is 0 Å². The fourth-order valence-corrected chi connectivity index (χ4v) is 4.32. The number of rotatable bonds is 7. The molecule has 1 saturated carbocycles. The van der Waals surface area contributed by atoms with Crippen LogP contribution in [0.2, 0.25) is 0 Å². The van der Waals surface area contributed by atoms with Crippen LogP contribution in [0.4, 0.5) is 10.5 Å². The Morgan fingerprint density at radius 1 is 1.26 bits per heavy atom. The van der Waals surface area contributed by atoms with Crippen LogP contribution in [0.1, 0.15) is 54.4 Å². The van der Waals surface area contributed by atoms with Crippen molar-refractivity contribution in [2.45, 2.75) is 59.1 Å². The fourth-order valence-electron chi connectivity index (χ4n) is 3.62. The minimum atomic E-state index is -0.741. The Morgan fingerprint density at radius 2 is 2.03 bits per heavy atom. The van der Waals surface area contributed by atoms with Crippen LogP contribution in [0.15, 0.2) is 29.2 Å². The molecule has 0 aliphatic heterocycles. The molecule has 10 nitrogen and oxygen atoms in total. The molecule has 186 valence electrons. The summed E-state index contributed by atoms with van der Waals surface area (Å²) in [5.74, 6) is 0.923. The summed E-state index contributed by atoms with van der Waals surface area (Å²) in [6.07, 6.45) is 2.19. The zero-order valence-electron chi connectivity index (χ0n) is 20.8. The maximum atomic E-state index is 13.1. The number of aryl methyl sites for hydroxylation is 3. The molecular formula is C24H30N6O4S. The normalized spacial score (nSPS) is 17.2. The molecule has 0 aromatic carbocycles. The average molecular weight is 499 g/mol. The molecular weight excluding hydrogens is 468 g/mol. The van der Waals surface area contributed by atoms with Gasteiger partial charge in [0, 0.05) is 36.8 Å². The first-order valence-electron chi connectivity index (χ1n) is 11.4. The number of aromatic nitrogens is 5. The quantitative estimate of drug-likeness (QED) is 0.484. The number of carbonyl (C=O) groups is 1. The number of pyridine rings is 1. The number of hydrogen-bond acceptors (Lipinski definition) is 9. The van der Waals surface area contributed by atoms with Gasteiger partial charge in [-0.05, 0) is 52.7 Å². The molecule has 4 rings (SSSR count). The van der Waals surface area contributed by atoms with E-state index in [4.69, 9.17) is 9.47 Å². The van der Waals surface area contributed by atoms with Crippen LogP contribution >= 0.6 is 11.3 Å². The van der Waals surface area contributed by atoms with Gasteiger partial charge < -0.3 is 9.47 Å². The predicted octanol–water partition coefficient (Wildman–Crippen LogP) is 3.77. The van der Waals surface area contributed by atoms with Gasteiger partial charge in [0.05, 0.1) is 13.2 Å². The average Bonchev–Trinajstić information content (AvgIpc) is 3.44. The van der Waals surface area contributed by atoms with Crippen LogP contribution in [0.25, 0.3) is 0 Å². The Labute approximate surface area is 207 Å². The molecule has 0 radical (unpaired) electrons. The largest absolute Gasteiger partial charge is 0.476 e. The van der Waals surface area contributed by atoms with Crippen molar-refractivity contribution in [1.29, 1.82) is 0 Å². The van der Waals surface area contributed by atoms with Crippen molar-refractivity contribution in [3.63, 3.8) is 0 Å². The lowest BCUT2D eigenvalue weighted by molar-refractivity contribution is 0.0576. The standard InChI is InChI=1S/C24H30N6O4S/c1-14-7-8-18(25-11-14)17-9-16(17)13-33-20-10-19(22(31)29(6)28-20)30(23(32)34-24(3,4)5)12-21-27-26-15(2)35-21/h7-8,10-11,16-17H,9,12-13H2,1-6H3/t16-,17+/m0/s1. The molecule has 35 heavy (non-hydrogen) atoms. The van der Waals surface area contributed by atoms with E-state index < -0.39 is 17.3 Å². The van der Waals surface area contributed by atoms with E-state index in [2.05, 4.69) is 32.4 Å². The van der Waals surface area contributed by atoms with E-state index in [1.807, 2.05) is 20.0 Å². The maximum Gasteiger partial charge on any atom is 0.415 e. The van der Waals surface area contributed by atoms with Gasteiger partial charge in [-0.2, -0.15) is 0 Å². The van der Waals surface area contributed by atoms with Crippen LogP contribution < -0.4 is 15.2 Å². The van der Waals surface area contributed by atoms with Crippen molar-refractivity contribution < 1.29 is 14.3 Å². The molecule has 1 fully saturated rings. The fraction of sp³-hybridized carbons (Fsp3) is 0.500. The number of amides is 1. The smallest absolute Gasteiger partial charge is 0.415 e. The molecule has 0 spiro atoms. The Balaban J connectivity index is 1.54. The molecule has 0 unspecified atom stereocenters. The second-order valence-corrected chi connectivity index (χ2v) is 11.0. The predicted molar refractivity (Wildman–Crippen MR) is 132 cm³/mol. The first kappa shape index (κ1) is 24.8. The number of anilines is 1. The van der Waals surface area contributed by atoms with Crippen molar-refractivity contribution in [3.05, 3.63) is 56.0 Å². The van der Waals surface area contributed by atoms with Gasteiger partial charge in [-0.25, -0.2) is 9.48 Å². The summed E-state index contributed by atoms with van der Waals surface area (Å²) in [6.45, 7) is 9.63. The van der Waals surface area contributed by atoms with Crippen molar-refractivity contribution in [3.8, 4) is 5.88 Å². The topological polar surface area (TPSA) is 112 Å². The van der Waals surface area contributed by atoms with Crippen molar-refractivity contribution in [1.82, 2.24) is 25.0 Å². The van der Waals surface area contributed by atoms with E-state index in [-0.39, 0.29) is 18.1 Å². The summed E-state index contributed by atoms with van der Waals surface area (Å²) < 4.78 is 12.7. The highest BCUT2D eigenvalue weighted by atomic mass is 32.1. The first-order chi connectivity index (χ1) is 16.5. The molecule has 11 heteroatoms. The number of ether oxygens (including phenoxy) is 2. The Bertz CT molecular complexity index is 1260. The summed E-state index contributed by atoms with van der Waals surface area (Å²) in [7, 11) is 1.53. The van der Waals surface area contributed by atoms with E-state index in [9.17, 15) is 9.59 Å². The molecule has 0 saturated heterocycles. The molecule has 0 N–H and O–H groups in total. The Morgan fingerprint density at radius 3 is 2.66 bits per heavy atom. The van der Waals surface area contributed by atoms with Crippen molar-refractivity contribution >= 4 is 23.1 Å². The van der Waals surface area contributed by atoms with Gasteiger partial charge in [-0.1, -0.05) is 17.4 Å². The molecule has 3 aromatic rings. The van der Waals surface area contributed by atoms with Gasteiger partial charge in [-0.15, -0.1) is 15.3 Å². The highest BCUT2D eigenvalue weighted by Gasteiger charge is 2.40. The molecule has 0 bridgehead atoms. The lowest BCUT2D eigenvalue weighted by Gasteiger charge is -2.26. The molecule has 3 heterocycles. The third-order valence-corrected chi connectivity index (χ3v) is 6.29. The minimum absolute atomic E-state index is 0.0445. The molecule has 1 aliphatic rings. The second kappa shape index (κ2) is 9.73. The SMILES string of the molecule is Cc1ccc([C@@H]2C[C@H]2COc2cc(N(Cc3nnc(C)s3)C(=O)OC(C)(C)C)c(=O)n(C)n2)nc1. The van der Waals surface area contributed by atoms with Crippen LogP contribution in [-0.2, 0) is 18.3 Å². The Hall–Kier alpha value is -3.34. The second-order valence-electron chi connectivity index (χ2n) is 9.75. The summed E-state index contributed by atoms with van der Waals surface area (Å²) in [5.41, 5.74) is 1.10. The third kappa shape index (κ3) is 6.21. The van der Waals surface area contributed by atoms with Gasteiger partial charge in [0.1, 0.15) is 21.3 Å². The Kier molecular flexibility index (Phi) is 6.88. The summed E-state index contributed by atoms with van der Waals surface area (Å²) in [6, 6.07) is 5.60. The van der Waals surface area contributed by atoms with Gasteiger partial charge >= 0.3 is 6.09 Å². The van der Waals surface area contributed by atoms with Crippen molar-refractivity contribution in [2.75, 3.05) is 11.5 Å².